The van der Waals surface area contributed by atoms with E-state index in [-0.39, 0.29) is 22.9 Å². The lowest BCUT2D eigenvalue weighted by Crippen LogP contribution is -2.20. The zero-order chi connectivity index (χ0) is 17.4. The van der Waals surface area contributed by atoms with Gasteiger partial charge < -0.3 is 5.11 Å². The molecule has 120 valence electrons. The highest BCUT2D eigenvalue weighted by atomic mass is 16.3. The molecule has 5 nitrogen and oxygen atoms in total. The van der Waals surface area contributed by atoms with E-state index < -0.39 is 0 Å². The fraction of sp³-hybridized carbons (Fsp3) is 0. The minimum atomic E-state index is -0.231. The molecule has 0 atom stereocenters. The molecule has 0 spiro atoms. The van der Waals surface area contributed by atoms with Crippen LogP contribution in [-0.4, -0.2) is 16.7 Å². The summed E-state index contributed by atoms with van der Waals surface area (Å²) in [5.74, 6) is -0.286. The van der Waals surface area contributed by atoms with Crippen LogP contribution in [0.5, 0.6) is 5.75 Å². The van der Waals surface area contributed by atoms with Gasteiger partial charge in [0.15, 0.2) is 11.6 Å². The molecule has 0 amide bonds. The molecule has 1 aliphatic rings. The highest BCUT2D eigenvalue weighted by Crippen LogP contribution is 2.34. The quantitative estimate of drug-likeness (QED) is 0.547. The Hall–Kier alpha value is -3.60. The summed E-state index contributed by atoms with van der Waals surface area (Å²) in [6, 6.07) is 18.0. The van der Waals surface area contributed by atoms with Crippen molar-refractivity contribution < 1.29 is 14.7 Å². The average Bonchev–Trinajstić information content (AvgIpc) is 2.65. The number of hydrogen-bond acceptors (Lipinski definition) is 5. The lowest BCUT2D eigenvalue weighted by Gasteiger charge is -2.18. The molecule has 25 heavy (non-hydrogen) atoms. The number of benzene rings is 3. The van der Waals surface area contributed by atoms with Gasteiger partial charge in [-0.2, -0.15) is 5.11 Å². The lowest BCUT2D eigenvalue weighted by molar-refractivity contribution is 0.0979. The van der Waals surface area contributed by atoms with Crippen molar-refractivity contribution in [1.82, 2.24) is 0 Å². The van der Waals surface area contributed by atoms with Crippen LogP contribution in [0.25, 0.3) is 0 Å². The van der Waals surface area contributed by atoms with E-state index in [1.807, 2.05) is 0 Å². The summed E-state index contributed by atoms with van der Waals surface area (Å²) in [4.78, 5) is 25.5. The molecule has 0 aromatic heterocycles. The third kappa shape index (κ3) is 2.52. The maximum Gasteiger partial charge on any atom is 0.196 e. The van der Waals surface area contributed by atoms with Crippen molar-refractivity contribution in [3.8, 4) is 5.75 Å². The molecule has 0 fully saturated rings. The van der Waals surface area contributed by atoms with E-state index in [9.17, 15) is 14.7 Å². The number of carbonyl (C=O) groups excluding carboxylic acids is 2. The summed E-state index contributed by atoms with van der Waals surface area (Å²) < 4.78 is 0. The number of carbonyl (C=O) groups is 2. The number of ketones is 2. The van der Waals surface area contributed by atoms with Crippen molar-refractivity contribution in [2.45, 2.75) is 0 Å². The Morgan fingerprint density at radius 2 is 1.28 bits per heavy atom. The molecule has 3 aromatic carbocycles. The zero-order valence-corrected chi connectivity index (χ0v) is 13.0. The zero-order valence-electron chi connectivity index (χ0n) is 13.0. The van der Waals surface area contributed by atoms with Crippen molar-refractivity contribution >= 4 is 22.9 Å². The van der Waals surface area contributed by atoms with Crippen molar-refractivity contribution in [1.29, 1.82) is 0 Å². The highest BCUT2D eigenvalue weighted by molar-refractivity contribution is 6.29. The molecule has 0 unspecified atom stereocenters. The van der Waals surface area contributed by atoms with Gasteiger partial charge in [-0.05, 0) is 30.3 Å². The van der Waals surface area contributed by atoms with Crippen LogP contribution in [0.15, 0.2) is 77.0 Å². The molecule has 0 radical (unpaired) electrons. The number of azo groups is 1. The van der Waals surface area contributed by atoms with Crippen LogP contribution >= 0.6 is 0 Å². The summed E-state index contributed by atoms with van der Waals surface area (Å²) >= 11 is 0. The number of phenolic OH excluding ortho intramolecular Hbond substituents is 1. The number of fused-ring (bicyclic) bond motifs is 2. The van der Waals surface area contributed by atoms with Gasteiger partial charge in [0, 0.05) is 16.7 Å². The van der Waals surface area contributed by atoms with Crippen LogP contribution < -0.4 is 0 Å². The standard InChI is InChI=1S/C20H12N2O3/c23-13-10-8-12(9-11-13)21-22-17-7-3-6-16-18(17)20(25)15-5-2-1-4-14(15)19(16)24/h1-11,23H. The molecule has 4 rings (SSSR count). The van der Waals surface area contributed by atoms with Gasteiger partial charge in [-0.1, -0.05) is 36.4 Å². The molecular formula is C20H12N2O3. The molecule has 5 heteroatoms. The van der Waals surface area contributed by atoms with Crippen LogP contribution in [0.4, 0.5) is 11.4 Å². The first-order valence-corrected chi connectivity index (χ1v) is 7.67. The number of hydrogen-bond donors (Lipinski definition) is 1. The van der Waals surface area contributed by atoms with Crippen LogP contribution in [0, 0.1) is 0 Å². The third-order valence-electron chi connectivity index (χ3n) is 4.05. The van der Waals surface area contributed by atoms with Crippen molar-refractivity contribution in [2.75, 3.05) is 0 Å². The topological polar surface area (TPSA) is 79.1 Å². The number of phenols is 1. The minimum absolute atomic E-state index is 0.133. The van der Waals surface area contributed by atoms with Gasteiger partial charge in [0.05, 0.1) is 16.9 Å². The van der Waals surface area contributed by atoms with E-state index in [1.54, 1.807) is 54.6 Å². The molecule has 0 saturated heterocycles. The first-order chi connectivity index (χ1) is 12.1. The number of nitrogens with zero attached hydrogens (tertiary/aromatic N) is 2. The molecule has 1 N–H and O–H groups in total. The van der Waals surface area contributed by atoms with E-state index in [0.29, 0.717) is 28.1 Å². The van der Waals surface area contributed by atoms with E-state index in [4.69, 9.17) is 0 Å². The normalized spacial score (nSPS) is 13.0. The Morgan fingerprint density at radius 3 is 2.00 bits per heavy atom. The first kappa shape index (κ1) is 15.0. The fourth-order valence-electron chi connectivity index (χ4n) is 2.84. The Bertz CT molecular complexity index is 1040. The third-order valence-corrected chi connectivity index (χ3v) is 4.05. The van der Waals surface area contributed by atoms with Crippen LogP contribution in [-0.2, 0) is 0 Å². The Morgan fingerprint density at radius 1 is 0.640 bits per heavy atom. The van der Waals surface area contributed by atoms with Crippen molar-refractivity contribution in [3.63, 3.8) is 0 Å². The lowest BCUT2D eigenvalue weighted by atomic mass is 9.83. The Balaban J connectivity index is 1.81. The van der Waals surface area contributed by atoms with Gasteiger partial charge in [-0.25, -0.2) is 0 Å². The smallest absolute Gasteiger partial charge is 0.196 e. The van der Waals surface area contributed by atoms with Gasteiger partial charge in [0.25, 0.3) is 0 Å². The minimum Gasteiger partial charge on any atom is -0.508 e. The van der Waals surface area contributed by atoms with E-state index in [0.717, 1.165) is 0 Å². The number of rotatable bonds is 2. The maximum atomic E-state index is 12.8. The van der Waals surface area contributed by atoms with Gasteiger partial charge in [0.1, 0.15) is 5.75 Å². The molecule has 0 aliphatic heterocycles. The molecule has 1 aliphatic carbocycles. The summed E-state index contributed by atoms with van der Waals surface area (Å²) in [6.45, 7) is 0. The molecule has 0 saturated carbocycles. The SMILES string of the molecule is O=C1c2ccccc2C(=O)c2c(N=Nc3ccc(O)cc3)cccc21. The van der Waals surface area contributed by atoms with Crippen LogP contribution in [0.3, 0.4) is 0 Å². The largest absolute Gasteiger partial charge is 0.508 e. The van der Waals surface area contributed by atoms with E-state index in [2.05, 4.69) is 10.2 Å². The number of aromatic hydroxyl groups is 1. The van der Waals surface area contributed by atoms with Crippen molar-refractivity contribution in [2.24, 2.45) is 10.2 Å². The molecule has 0 bridgehead atoms. The summed E-state index contributed by atoms with van der Waals surface area (Å²) in [7, 11) is 0. The van der Waals surface area contributed by atoms with E-state index in [1.165, 1.54) is 12.1 Å². The fourth-order valence-corrected chi connectivity index (χ4v) is 2.84. The maximum absolute atomic E-state index is 12.8. The second-order valence-corrected chi connectivity index (χ2v) is 5.62. The highest BCUT2D eigenvalue weighted by Gasteiger charge is 2.31. The second kappa shape index (κ2) is 5.79. The monoisotopic (exact) mass is 328 g/mol. The average molecular weight is 328 g/mol. The summed E-state index contributed by atoms with van der Waals surface area (Å²) in [6.07, 6.45) is 0. The molecular weight excluding hydrogens is 316 g/mol. The molecule has 3 aromatic rings. The Kier molecular flexibility index (Phi) is 3.47. The van der Waals surface area contributed by atoms with E-state index >= 15 is 0 Å². The van der Waals surface area contributed by atoms with Crippen LogP contribution in [0.2, 0.25) is 0 Å². The van der Waals surface area contributed by atoms with Crippen molar-refractivity contribution in [3.05, 3.63) is 89.0 Å². The van der Waals surface area contributed by atoms with Crippen LogP contribution in [0.1, 0.15) is 31.8 Å². The first-order valence-electron chi connectivity index (χ1n) is 7.67. The van der Waals surface area contributed by atoms with Gasteiger partial charge >= 0.3 is 0 Å². The van der Waals surface area contributed by atoms with Gasteiger partial charge in [-0.15, -0.1) is 5.11 Å². The summed E-state index contributed by atoms with van der Waals surface area (Å²) in [5.41, 5.74) is 2.28. The second-order valence-electron chi connectivity index (χ2n) is 5.62. The summed E-state index contributed by atoms with van der Waals surface area (Å²) in [5, 5.41) is 17.5. The van der Waals surface area contributed by atoms with Gasteiger partial charge in [0.2, 0.25) is 0 Å². The Labute approximate surface area is 143 Å². The van der Waals surface area contributed by atoms with Gasteiger partial charge in [-0.3, -0.25) is 9.59 Å². The molecule has 0 heterocycles. The predicted molar refractivity (Wildman–Crippen MR) is 92.0 cm³/mol. The predicted octanol–water partition coefficient (Wildman–Crippen LogP) is 4.58.